The van der Waals surface area contributed by atoms with Crippen LogP contribution < -0.4 is 5.32 Å². The van der Waals surface area contributed by atoms with Crippen LogP contribution in [-0.2, 0) is 13.1 Å². The summed E-state index contributed by atoms with van der Waals surface area (Å²) in [7, 11) is 2.21. The van der Waals surface area contributed by atoms with E-state index in [2.05, 4.69) is 67.7 Å². The lowest BCUT2D eigenvalue weighted by Crippen LogP contribution is -2.20. The third-order valence-electron chi connectivity index (χ3n) is 3.59. The number of nitrogens with one attached hydrogen (secondary N) is 1. The molecule has 21 heavy (non-hydrogen) atoms. The van der Waals surface area contributed by atoms with Gasteiger partial charge in [0, 0.05) is 33.8 Å². The van der Waals surface area contributed by atoms with Crippen molar-refractivity contribution >= 4 is 22.7 Å². The zero-order valence-electron chi connectivity index (χ0n) is 13.4. The first-order valence-corrected chi connectivity index (χ1v) is 9.28. The van der Waals surface area contributed by atoms with Gasteiger partial charge in [0.2, 0.25) is 0 Å². The van der Waals surface area contributed by atoms with Gasteiger partial charge in [0.05, 0.1) is 0 Å². The van der Waals surface area contributed by atoms with Gasteiger partial charge in [-0.3, -0.25) is 4.90 Å². The fourth-order valence-corrected chi connectivity index (χ4v) is 4.11. The van der Waals surface area contributed by atoms with Gasteiger partial charge in [0.25, 0.3) is 0 Å². The lowest BCUT2D eigenvalue weighted by molar-refractivity contribution is 0.259. The Morgan fingerprint density at radius 1 is 1.14 bits per heavy atom. The Bertz CT molecular complexity index is 517. The quantitative estimate of drug-likeness (QED) is 0.754. The molecule has 0 saturated carbocycles. The molecule has 0 aromatic carbocycles. The van der Waals surface area contributed by atoms with E-state index in [0.29, 0.717) is 12.0 Å². The monoisotopic (exact) mass is 322 g/mol. The molecule has 0 radical (unpaired) electrons. The Labute approximate surface area is 136 Å². The highest BCUT2D eigenvalue weighted by atomic mass is 32.1. The van der Waals surface area contributed by atoms with Gasteiger partial charge in [0.15, 0.2) is 0 Å². The SMILES string of the molecule is CC(C)CNCc1ccc(CN(C)C(C)c2cccs2)s1. The first kappa shape index (κ1) is 16.7. The molecule has 0 aliphatic carbocycles. The molecule has 2 rings (SSSR count). The second-order valence-corrected chi connectivity index (χ2v) is 8.23. The Morgan fingerprint density at radius 2 is 1.90 bits per heavy atom. The average Bonchev–Trinajstić information content (AvgIpc) is 3.09. The molecular formula is C17H26N2S2. The largest absolute Gasteiger partial charge is 0.312 e. The van der Waals surface area contributed by atoms with Crippen molar-refractivity contribution in [2.24, 2.45) is 5.92 Å². The van der Waals surface area contributed by atoms with Gasteiger partial charge in [0.1, 0.15) is 0 Å². The van der Waals surface area contributed by atoms with Crippen molar-refractivity contribution in [3.05, 3.63) is 44.3 Å². The summed E-state index contributed by atoms with van der Waals surface area (Å²) in [5, 5.41) is 5.67. The van der Waals surface area contributed by atoms with E-state index in [1.807, 2.05) is 22.7 Å². The van der Waals surface area contributed by atoms with E-state index >= 15 is 0 Å². The molecule has 2 nitrogen and oxygen atoms in total. The van der Waals surface area contributed by atoms with Crippen molar-refractivity contribution in [3.8, 4) is 0 Å². The summed E-state index contributed by atoms with van der Waals surface area (Å²) in [6.07, 6.45) is 0. The van der Waals surface area contributed by atoms with E-state index in [1.165, 1.54) is 14.6 Å². The highest BCUT2D eigenvalue weighted by molar-refractivity contribution is 7.12. The summed E-state index contributed by atoms with van der Waals surface area (Å²) in [5.41, 5.74) is 0. The second kappa shape index (κ2) is 8.08. The molecule has 0 spiro atoms. The number of hydrogen-bond donors (Lipinski definition) is 1. The minimum atomic E-state index is 0.481. The molecule has 1 unspecified atom stereocenters. The molecule has 116 valence electrons. The van der Waals surface area contributed by atoms with Crippen LogP contribution in [0, 0.1) is 5.92 Å². The molecule has 0 fully saturated rings. The van der Waals surface area contributed by atoms with Gasteiger partial charge >= 0.3 is 0 Å². The first-order chi connectivity index (χ1) is 10.1. The van der Waals surface area contributed by atoms with E-state index < -0.39 is 0 Å². The van der Waals surface area contributed by atoms with Crippen molar-refractivity contribution in [2.75, 3.05) is 13.6 Å². The van der Waals surface area contributed by atoms with Gasteiger partial charge in [-0.05, 0) is 50.0 Å². The topological polar surface area (TPSA) is 15.3 Å². The fraction of sp³-hybridized carbons (Fsp3) is 0.529. The Balaban J connectivity index is 1.84. The van der Waals surface area contributed by atoms with Crippen LogP contribution in [0.2, 0.25) is 0 Å². The lowest BCUT2D eigenvalue weighted by atomic mass is 10.2. The molecule has 0 bridgehead atoms. The summed E-state index contributed by atoms with van der Waals surface area (Å²) in [6, 6.07) is 9.37. The molecule has 2 heterocycles. The summed E-state index contributed by atoms with van der Waals surface area (Å²) in [5.74, 6) is 0.710. The number of rotatable bonds is 8. The predicted molar refractivity (Wildman–Crippen MR) is 95.1 cm³/mol. The molecule has 0 amide bonds. The molecule has 2 aromatic rings. The standard InChI is InChI=1S/C17H26N2S2/c1-13(2)10-18-11-15-7-8-16(21-15)12-19(4)14(3)17-6-5-9-20-17/h5-9,13-14,18H,10-12H2,1-4H3. The van der Waals surface area contributed by atoms with Gasteiger partial charge < -0.3 is 5.32 Å². The Hall–Kier alpha value is -0.680. The van der Waals surface area contributed by atoms with Crippen LogP contribution >= 0.6 is 22.7 Å². The van der Waals surface area contributed by atoms with Crippen molar-refractivity contribution < 1.29 is 0 Å². The van der Waals surface area contributed by atoms with Gasteiger partial charge in [-0.25, -0.2) is 0 Å². The van der Waals surface area contributed by atoms with Gasteiger partial charge in [-0.1, -0.05) is 19.9 Å². The predicted octanol–water partition coefficient (Wildman–Crippen LogP) is 4.75. The third-order valence-corrected chi connectivity index (χ3v) is 5.70. The van der Waals surface area contributed by atoms with Crippen LogP contribution in [0.3, 0.4) is 0 Å². The molecule has 1 atom stereocenters. The van der Waals surface area contributed by atoms with Crippen LogP contribution in [0.25, 0.3) is 0 Å². The molecule has 0 aliphatic rings. The highest BCUT2D eigenvalue weighted by Gasteiger charge is 2.13. The van der Waals surface area contributed by atoms with Crippen molar-refractivity contribution in [1.82, 2.24) is 10.2 Å². The van der Waals surface area contributed by atoms with E-state index in [4.69, 9.17) is 0 Å². The van der Waals surface area contributed by atoms with Gasteiger partial charge in [-0.2, -0.15) is 0 Å². The average molecular weight is 323 g/mol. The molecule has 1 N–H and O–H groups in total. The fourth-order valence-electron chi connectivity index (χ4n) is 2.22. The minimum absolute atomic E-state index is 0.481. The van der Waals surface area contributed by atoms with Crippen LogP contribution in [0.1, 0.15) is 41.4 Å². The molecular weight excluding hydrogens is 296 g/mol. The second-order valence-electron chi connectivity index (χ2n) is 6.00. The minimum Gasteiger partial charge on any atom is -0.312 e. The molecule has 0 aliphatic heterocycles. The molecule has 2 aromatic heterocycles. The van der Waals surface area contributed by atoms with Crippen molar-refractivity contribution in [3.63, 3.8) is 0 Å². The Morgan fingerprint density at radius 3 is 2.57 bits per heavy atom. The lowest BCUT2D eigenvalue weighted by Gasteiger charge is -2.23. The zero-order chi connectivity index (χ0) is 15.2. The maximum atomic E-state index is 3.51. The smallest absolute Gasteiger partial charge is 0.0414 e. The van der Waals surface area contributed by atoms with E-state index in [0.717, 1.165) is 19.6 Å². The summed E-state index contributed by atoms with van der Waals surface area (Å²) >= 11 is 3.77. The van der Waals surface area contributed by atoms with E-state index in [1.54, 1.807) is 0 Å². The van der Waals surface area contributed by atoms with Crippen LogP contribution in [-0.4, -0.2) is 18.5 Å². The first-order valence-electron chi connectivity index (χ1n) is 7.58. The van der Waals surface area contributed by atoms with Crippen molar-refractivity contribution in [1.29, 1.82) is 0 Å². The molecule has 4 heteroatoms. The third kappa shape index (κ3) is 5.22. The Kier molecular flexibility index (Phi) is 6.42. The van der Waals surface area contributed by atoms with E-state index in [9.17, 15) is 0 Å². The van der Waals surface area contributed by atoms with Crippen LogP contribution in [0.4, 0.5) is 0 Å². The number of hydrogen-bond acceptors (Lipinski definition) is 4. The maximum Gasteiger partial charge on any atom is 0.0414 e. The highest BCUT2D eigenvalue weighted by Crippen LogP contribution is 2.26. The van der Waals surface area contributed by atoms with Crippen LogP contribution in [0.15, 0.2) is 29.6 Å². The van der Waals surface area contributed by atoms with E-state index in [-0.39, 0.29) is 0 Å². The molecule has 0 saturated heterocycles. The normalized spacial score (nSPS) is 13.2. The summed E-state index contributed by atoms with van der Waals surface area (Å²) in [4.78, 5) is 6.74. The zero-order valence-corrected chi connectivity index (χ0v) is 15.1. The summed E-state index contributed by atoms with van der Waals surface area (Å²) < 4.78 is 0. The van der Waals surface area contributed by atoms with Gasteiger partial charge in [-0.15, -0.1) is 22.7 Å². The van der Waals surface area contributed by atoms with Crippen LogP contribution in [0.5, 0.6) is 0 Å². The number of nitrogens with zero attached hydrogens (tertiary/aromatic N) is 1. The summed E-state index contributed by atoms with van der Waals surface area (Å²) in [6.45, 7) is 9.87. The van der Waals surface area contributed by atoms with Crippen molar-refractivity contribution in [2.45, 2.75) is 39.9 Å². The number of thiophene rings is 2. The maximum absolute atomic E-state index is 3.51.